The number of hydrogen-bond donors (Lipinski definition) is 1. The minimum Gasteiger partial charge on any atom is -0.465 e. The summed E-state index contributed by atoms with van der Waals surface area (Å²) in [6.07, 6.45) is 1.67. The average molecular weight is 426 g/mol. The van der Waals surface area contributed by atoms with E-state index in [0.29, 0.717) is 18.9 Å². The van der Waals surface area contributed by atoms with Gasteiger partial charge in [-0.25, -0.2) is 18.6 Å². The third kappa shape index (κ3) is 4.04. The van der Waals surface area contributed by atoms with Gasteiger partial charge in [0.15, 0.2) is 0 Å². The highest BCUT2D eigenvalue weighted by molar-refractivity contribution is 6.02. The Morgan fingerprint density at radius 2 is 1.84 bits per heavy atom. The Kier molecular flexibility index (Phi) is 5.77. The van der Waals surface area contributed by atoms with Crippen molar-refractivity contribution in [1.29, 1.82) is 0 Å². The van der Waals surface area contributed by atoms with Gasteiger partial charge in [-0.05, 0) is 30.3 Å². The number of hydrogen-bond acceptors (Lipinski definition) is 7. The van der Waals surface area contributed by atoms with Crippen LogP contribution in [-0.4, -0.2) is 49.4 Å². The molecule has 0 amide bonds. The van der Waals surface area contributed by atoms with Crippen LogP contribution >= 0.6 is 0 Å². The largest absolute Gasteiger partial charge is 0.465 e. The summed E-state index contributed by atoms with van der Waals surface area (Å²) < 4.78 is 38.9. The highest BCUT2D eigenvalue weighted by Crippen LogP contribution is 2.33. The monoisotopic (exact) mass is 426 g/mol. The Morgan fingerprint density at radius 1 is 1.13 bits per heavy atom. The van der Waals surface area contributed by atoms with Gasteiger partial charge in [0.2, 0.25) is 0 Å². The summed E-state index contributed by atoms with van der Waals surface area (Å²) in [7, 11) is 1.21. The molecule has 0 radical (unpaired) electrons. The van der Waals surface area contributed by atoms with Crippen molar-refractivity contribution in [3.8, 4) is 22.5 Å². The van der Waals surface area contributed by atoms with Crippen LogP contribution in [0.25, 0.3) is 22.5 Å². The molecule has 2 N–H and O–H groups in total. The Bertz CT molecular complexity index is 1100. The molecule has 31 heavy (non-hydrogen) atoms. The number of morpholine rings is 1. The second-order valence-corrected chi connectivity index (χ2v) is 6.90. The summed E-state index contributed by atoms with van der Waals surface area (Å²) in [5.74, 6) is -2.51. The molecule has 9 heteroatoms. The van der Waals surface area contributed by atoms with E-state index in [2.05, 4.69) is 14.9 Å². The van der Waals surface area contributed by atoms with Crippen LogP contribution in [0.1, 0.15) is 10.4 Å². The third-order valence-corrected chi connectivity index (χ3v) is 5.06. The van der Waals surface area contributed by atoms with Crippen molar-refractivity contribution in [3.63, 3.8) is 0 Å². The molecule has 0 aliphatic carbocycles. The number of methoxy groups -OCH3 is 1. The molecular formula is C22H20F2N4O3. The second kappa shape index (κ2) is 8.65. The average Bonchev–Trinajstić information content (AvgIpc) is 2.79. The fraction of sp³-hybridized carbons (Fsp3) is 0.227. The molecule has 3 aromatic rings. The van der Waals surface area contributed by atoms with E-state index in [0.717, 1.165) is 30.9 Å². The van der Waals surface area contributed by atoms with Gasteiger partial charge in [-0.3, -0.25) is 4.98 Å². The summed E-state index contributed by atoms with van der Waals surface area (Å²) in [6.45, 7) is 2.75. The van der Waals surface area contributed by atoms with Gasteiger partial charge in [-0.2, -0.15) is 0 Å². The topological polar surface area (TPSA) is 90.6 Å². The van der Waals surface area contributed by atoms with Gasteiger partial charge in [0.05, 0.1) is 49.2 Å². The number of benzene rings is 1. The molecule has 4 rings (SSSR count). The van der Waals surface area contributed by atoms with E-state index in [-0.39, 0.29) is 28.2 Å². The number of esters is 1. The number of nitrogen functional groups attached to an aromatic ring is 1. The third-order valence-electron chi connectivity index (χ3n) is 5.06. The molecule has 7 nitrogen and oxygen atoms in total. The lowest BCUT2D eigenvalue weighted by Gasteiger charge is -2.28. The van der Waals surface area contributed by atoms with E-state index in [1.165, 1.54) is 19.2 Å². The number of carbonyl (C=O) groups is 1. The van der Waals surface area contributed by atoms with Crippen molar-refractivity contribution in [2.24, 2.45) is 0 Å². The highest BCUT2D eigenvalue weighted by Gasteiger charge is 2.23. The van der Waals surface area contributed by atoms with Gasteiger partial charge < -0.3 is 20.1 Å². The van der Waals surface area contributed by atoms with E-state index < -0.39 is 17.6 Å². The number of halogens is 2. The molecule has 1 aliphatic rings. The first kappa shape index (κ1) is 20.7. The maximum Gasteiger partial charge on any atom is 0.342 e. The maximum absolute atomic E-state index is 14.3. The molecule has 0 bridgehead atoms. The quantitative estimate of drug-likeness (QED) is 0.640. The van der Waals surface area contributed by atoms with E-state index in [1.54, 1.807) is 12.3 Å². The summed E-state index contributed by atoms with van der Waals surface area (Å²) in [6, 6.07) is 8.47. The predicted molar refractivity (Wildman–Crippen MR) is 112 cm³/mol. The summed E-state index contributed by atoms with van der Waals surface area (Å²) in [5.41, 5.74) is 7.17. The van der Waals surface area contributed by atoms with E-state index in [4.69, 9.17) is 15.2 Å². The lowest BCUT2D eigenvalue weighted by molar-refractivity contribution is 0.0602. The molecule has 0 saturated carbocycles. The molecule has 1 aliphatic heterocycles. The molecule has 1 saturated heterocycles. The molecule has 2 aromatic heterocycles. The van der Waals surface area contributed by atoms with Crippen LogP contribution in [0.4, 0.5) is 20.3 Å². The Labute approximate surface area is 177 Å². The van der Waals surface area contributed by atoms with Gasteiger partial charge in [-0.15, -0.1) is 0 Å². The zero-order valence-electron chi connectivity index (χ0n) is 16.8. The SMILES string of the molecule is COC(=O)c1c(-c2ccc(N3CCOCC3)cn2)cc(-c2c(F)cccc2F)nc1N. The van der Waals surface area contributed by atoms with Crippen LogP contribution in [-0.2, 0) is 9.47 Å². The highest BCUT2D eigenvalue weighted by atomic mass is 19.1. The summed E-state index contributed by atoms with van der Waals surface area (Å²) >= 11 is 0. The lowest BCUT2D eigenvalue weighted by Crippen LogP contribution is -2.36. The number of aromatic nitrogens is 2. The first-order valence-electron chi connectivity index (χ1n) is 9.62. The maximum atomic E-state index is 14.3. The van der Waals surface area contributed by atoms with Gasteiger partial charge in [-0.1, -0.05) is 6.07 Å². The molecular weight excluding hydrogens is 406 g/mol. The van der Waals surface area contributed by atoms with Gasteiger partial charge >= 0.3 is 5.97 Å². The Morgan fingerprint density at radius 3 is 2.45 bits per heavy atom. The number of rotatable bonds is 4. The fourth-order valence-corrected chi connectivity index (χ4v) is 3.51. The molecule has 3 heterocycles. The first-order valence-corrected chi connectivity index (χ1v) is 9.62. The Balaban J connectivity index is 1.83. The number of pyridine rings is 2. The first-order chi connectivity index (χ1) is 15.0. The van der Waals surface area contributed by atoms with Crippen LogP contribution in [0.5, 0.6) is 0 Å². The van der Waals surface area contributed by atoms with E-state index >= 15 is 0 Å². The number of ether oxygens (including phenoxy) is 2. The van der Waals surface area contributed by atoms with Gasteiger partial charge in [0.25, 0.3) is 0 Å². The normalized spacial score (nSPS) is 13.8. The second-order valence-electron chi connectivity index (χ2n) is 6.90. The van der Waals surface area contributed by atoms with Crippen LogP contribution in [0.15, 0.2) is 42.6 Å². The zero-order chi connectivity index (χ0) is 22.0. The van der Waals surface area contributed by atoms with E-state index in [9.17, 15) is 13.6 Å². The summed E-state index contributed by atoms with van der Waals surface area (Å²) in [4.78, 5) is 23.0. The predicted octanol–water partition coefficient (Wildman–Crippen LogP) is 3.29. The minimum atomic E-state index is -0.792. The van der Waals surface area contributed by atoms with Crippen molar-refractivity contribution in [2.75, 3.05) is 44.0 Å². The van der Waals surface area contributed by atoms with Gasteiger partial charge in [0, 0.05) is 18.7 Å². The molecule has 0 spiro atoms. The smallest absolute Gasteiger partial charge is 0.342 e. The number of nitrogens with two attached hydrogens (primary N) is 1. The van der Waals surface area contributed by atoms with Crippen LogP contribution in [0.3, 0.4) is 0 Å². The number of anilines is 2. The fourth-order valence-electron chi connectivity index (χ4n) is 3.51. The van der Waals surface area contributed by atoms with Crippen LogP contribution in [0, 0.1) is 11.6 Å². The Hall–Kier alpha value is -3.59. The molecule has 1 fully saturated rings. The lowest BCUT2D eigenvalue weighted by atomic mass is 10.0. The van der Waals surface area contributed by atoms with Crippen LogP contribution in [0.2, 0.25) is 0 Å². The van der Waals surface area contributed by atoms with Crippen LogP contribution < -0.4 is 10.6 Å². The van der Waals surface area contributed by atoms with Crippen molar-refractivity contribution >= 4 is 17.5 Å². The van der Waals surface area contributed by atoms with Crippen molar-refractivity contribution < 1.29 is 23.0 Å². The number of carbonyl (C=O) groups excluding carboxylic acids is 1. The molecule has 0 atom stereocenters. The van der Waals surface area contributed by atoms with Gasteiger partial charge in [0.1, 0.15) is 23.0 Å². The van der Waals surface area contributed by atoms with E-state index in [1.807, 2.05) is 6.07 Å². The zero-order valence-corrected chi connectivity index (χ0v) is 16.8. The minimum absolute atomic E-state index is 0.0189. The molecule has 1 aromatic carbocycles. The molecule has 0 unspecified atom stereocenters. The number of nitrogens with zero attached hydrogens (tertiary/aromatic N) is 3. The van der Waals surface area contributed by atoms with Crippen molar-refractivity contribution in [1.82, 2.24) is 9.97 Å². The standard InChI is InChI=1S/C22H20F2N4O3/c1-30-22(29)19-14(17-6-5-13(12-26-17)28-7-9-31-10-8-28)11-18(27-21(19)25)20-15(23)3-2-4-16(20)24/h2-6,11-12H,7-10H2,1H3,(H2,25,27). The van der Waals surface area contributed by atoms with Crippen molar-refractivity contribution in [2.45, 2.75) is 0 Å². The summed E-state index contributed by atoms with van der Waals surface area (Å²) in [5, 5.41) is 0. The van der Waals surface area contributed by atoms with Crippen molar-refractivity contribution in [3.05, 3.63) is 59.8 Å². The molecule has 160 valence electrons.